The Bertz CT molecular complexity index is 581. The Morgan fingerprint density at radius 2 is 2.18 bits per heavy atom. The van der Waals surface area contributed by atoms with Crippen molar-refractivity contribution in [3.8, 4) is 5.75 Å². The first-order chi connectivity index (χ1) is 8.15. The zero-order valence-electron chi connectivity index (χ0n) is 9.52. The third-order valence-electron chi connectivity index (χ3n) is 2.49. The first kappa shape index (κ1) is 11.2. The minimum atomic E-state index is -0.998. The zero-order valence-corrected chi connectivity index (χ0v) is 9.52. The zero-order chi connectivity index (χ0) is 12.4. The maximum absolute atomic E-state index is 11.0. The number of aromatic nitrogens is 1. The number of rotatable bonds is 3. The van der Waals surface area contributed by atoms with Crippen molar-refractivity contribution < 1.29 is 14.6 Å². The van der Waals surface area contributed by atoms with Gasteiger partial charge in [-0.1, -0.05) is 0 Å². The number of fused-ring (bicyclic) bond motifs is 1. The Balaban J connectivity index is 2.73. The molecule has 0 aliphatic rings. The number of anilines is 1. The minimum absolute atomic E-state index is 0.162. The van der Waals surface area contributed by atoms with Crippen molar-refractivity contribution in [3.63, 3.8) is 0 Å². The van der Waals surface area contributed by atoms with Crippen molar-refractivity contribution in [3.05, 3.63) is 29.8 Å². The summed E-state index contributed by atoms with van der Waals surface area (Å²) in [5.74, 6) is 0.194. The van der Waals surface area contributed by atoms with Crippen LogP contribution >= 0.6 is 0 Å². The molecule has 88 valence electrons. The SMILES string of the molecule is CNc1ccc2c(OC)cc(C(=O)O)cc2n1. The van der Waals surface area contributed by atoms with Crippen molar-refractivity contribution in [2.24, 2.45) is 0 Å². The lowest BCUT2D eigenvalue weighted by Crippen LogP contribution is -1.99. The molecule has 0 aliphatic carbocycles. The number of pyridine rings is 1. The quantitative estimate of drug-likeness (QED) is 0.846. The number of carboxylic acids is 1. The Morgan fingerprint density at radius 3 is 2.76 bits per heavy atom. The summed E-state index contributed by atoms with van der Waals surface area (Å²) in [6.07, 6.45) is 0. The van der Waals surface area contributed by atoms with Crippen LogP contribution in [-0.2, 0) is 0 Å². The van der Waals surface area contributed by atoms with Gasteiger partial charge in [0.1, 0.15) is 11.6 Å². The van der Waals surface area contributed by atoms with E-state index in [9.17, 15) is 4.79 Å². The number of methoxy groups -OCH3 is 1. The number of nitrogens with zero attached hydrogens (tertiary/aromatic N) is 1. The van der Waals surface area contributed by atoms with E-state index >= 15 is 0 Å². The average Bonchev–Trinajstić information content (AvgIpc) is 2.36. The summed E-state index contributed by atoms with van der Waals surface area (Å²) in [6, 6.07) is 6.68. The Labute approximate surface area is 98.0 Å². The highest BCUT2D eigenvalue weighted by Gasteiger charge is 2.10. The molecule has 2 rings (SSSR count). The maximum atomic E-state index is 11.0. The van der Waals surface area contributed by atoms with Crippen molar-refractivity contribution >= 4 is 22.7 Å². The van der Waals surface area contributed by atoms with E-state index in [-0.39, 0.29) is 5.56 Å². The molecule has 0 saturated carbocycles. The van der Waals surface area contributed by atoms with Gasteiger partial charge in [0, 0.05) is 12.4 Å². The van der Waals surface area contributed by atoms with Gasteiger partial charge < -0.3 is 15.2 Å². The van der Waals surface area contributed by atoms with Crippen LogP contribution in [0, 0.1) is 0 Å². The van der Waals surface area contributed by atoms with Crippen LogP contribution in [-0.4, -0.2) is 30.2 Å². The number of hydrogen-bond acceptors (Lipinski definition) is 4. The van der Waals surface area contributed by atoms with Crippen LogP contribution in [0.1, 0.15) is 10.4 Å². The second-order valence-electron chi connectivity index (χ2n) is 3.50. The molecule has 2 aromatic rings. The molecule has 0 aliphatic heterocycles. The highest BCUT2D eigenvalue weighted by Crippen LogP contribution is 2.27. The second-order valence-corrected chi connectivity index (χ2v) is 3.50. The van der Waals surface area contributed by atoms with E-state index in [0.717, 1.165) is 5.39 Å². The molecule has 5 heteroatoms. The number of carbonyl (C=O) groups is 1. The molecule has 1 aromatic carbocycles. The van der Waals surface area contributed by atoms with Crippen LogP contribution < -0.4 is 10.1 Å². The number of hydrogen-bond donors (Lipinski definition) is 2. The van der Waals surface area contributed by atoms with Gasteiger partial charge in [0.15, 0.2) is 0 Å². The number of nitrogens with one attached hydrogen (secondary N) is 1. The number of carboxylic acid groups (broad SMARTS) is 1. The van der Waals surface area contributed by atoms with E-state index in [4.69, 9.17) is 9.84 Å². The third kappa shape index (κ3) is 1.99. The predicted molar refractivity (Wildman–Crippen MR) is 64.8 cm³/mol. The molecule has 1 heterocycles. The Morgan fingerprint density at radius 1 is 1.41 bits per heavy atom. The Kier molecular flexibility index (Phi) is 2.82. The van der Waals surface area contributed by atoms with Crippen LogP contribution in [0.25, 0.3) is 10.9 Å². The van der Waals surface area contributed by atoms with Gasteiger partial charge in [-0.05, 0) is 24.3 Å². The lowest BCUT2D eigenvalue weighted by atomic mass is 10.1. The fourth-order valence-electron chi connectivity index (χ4n) is 1.63. The second kappa shape index (κ2) is 4.29. The third-order valence-corrected chi connectivity index (χ3v) is 2.49. The summed E-state index contributed by atoms with van der Waals surface area (Å²) in [6.45, 7) is 0. The Hall–Kier alpha value is -2.30. The van der Waals surface area contributed by atoms with Gasteiger partial charge in [-0.15, -0.1) is 0 Å². The van der Waals surface area contributed by atoms with Gasteiger partial charge in [0.05, 0.1) is 18.2 Å². The molecular weight excluding hydrogens is 220 g/mol. The highest BCUT2D eigenvalue weighted by molar-refractivity contribution is 5.96. The monoisotopic (exact) mass is 232 g/mol. The largest absolute Gasteiger partial charge is 0.496 e. The molecule has 17 heavy (non-hydrogen) atoms. The molecule has 0 fully saturated rings. The summed E-state index contributed by atoms with van der Waals surface area (Å²) in [7, 11) is 3.26. The summed E-state index contributed by atoms with van der Waals surface area (Å²) in [5, 5.41) is 12.7. The van der Waals surface area contributed by atoms with Crippen molar-refractivity contribution in [1.82, 2.24) is 4.98 Å². The van der Waals surface area contributed by atoms with E-state index in [1.54, 1.807) is 7.05 Å². The summed E-state index contributed by atoms with van der Waals surface area (Å²) < 4.78 is 5.17. The van der Waals surface area contributed by atoms with Crippen LogP contribution in [0.15, 0.2) is 24.3 Å². The number of benzene rings is 1. The lowest BCUT2D eigenvalue weighted by molar-refractivity contribution is 0.0696. The molecule has 0 amide bonds. The lowest BCUT2D eigenvalue weighted by Gasteiger charge is -2.08. The van der Waals surface area contributed by atoms with E-state index in [2.05, 4.69) is 10.3 Å². The van der Waals surface area contributed by atoms with E-state index in [1.807, 2.05) is 12.1 Å². The molecular formula is C12H12N2O3. The number of aromatic carboxylic acids is 1. The van der Waals surface area contributed by atoms with Crippen molar-refractivity contribution in [1.29, 1.82) is 0 Å². The average molecular weight is 232 g/mol. The van der Waals surface area contributed by atoms with Gasteiger partial charge in [-0.3, -0.25) is 0 Å². The van der Waals surface area contributed by atoms with Gasteiger partial charge >= 0.3 is 5.97 Å². The van der Waals surface area contributed by atoms with Crippen LogP contribution in [0.5, 0.6) is 5.75 Å². The predicted octanol–water partition coefficient (Wildman–Crippen LogP) is 1.98. The maximum Gasteiger partial charge on any atom is 0.335 e. The molecule has 1 aromatic heterocycles. The topological polar surface area (TPSA) is 71.5 Å². The minimum Gasteiger partial charge on any atom is -0.496 e. The highest BCUT2D eigenvalue weighted by atomic mass is 16.5. The fourth-order valence-corrected chi connectivity index (χ4v) is 1.63. The van der Waals surface area contributed by atoms with E-state index < -0.39 is 5.97 Å². The van der Waals surface area contributed by atoms with Crippen LogP contribution in [0.3, 0.4) is 0 Å². The fraction of sp³-hybridized carbons (Fsp3) is 0.167. The normalized spacial score (nSPS) is 10.2. The number of ether oxygens (including phenoxy) is 1. The molecule has 0 unspecified atom stereocenters. The molecule has 0 radical (unpaired) electrons. The van der Waals surface area contributed by atoms with Crippen LogP contribution in [0.4, 0.5) is 5.82 Å². The molecule has 0 bridgehead atoms. The standard InChI is InChI=1S/C12H12N2O3/c1-13-11-4-3-8-9(14-11)5-7(12(15)16)6-10(8)17-2/h3-6H,1-2H3,(H,13,14)(H,15,16). The smallest absolute Gasteiger partial charge is 0.335 e. The molecule has 5 nitrogen and oxygen atoms in total. The summed E-state index contributed by atoms with van der Waals surface area (Å²) >= 11 is 0. The molecule has 0 atom stereocenters. The first-order valence-electron chi connectivity index (χ1n) is 5.05. The van der Waals surface area contributed by atoms with Crippen LogP contribution in [0.2, 0.25) is 0 Å². The molecule has 0 spiro atoms. The van der Waals surface area contributed by atoms with Crippen molar-refractivity contribution in [2.45, 2.75) is 0 Å². The van der Waals surface area contributed by atoms with Gasteiger partial charge in [-0.25, -0.2) is 9.78 Å². The summed E-state index contributed by atoms with van der Waals surface area (Å²) in [5.41, 5.74) is 0.753. The van der Waals surface area contributed by atoms with E-state index in [0.29, 0.717) is 17.1 Å². The summed E-state index contributed by atoms with van der Waals surface area (Å²) in [4.78, 5) is 15.3. The van der Waals surface area contributed by atoms with Gasteiger partial charge in [-0.2, -0.15) is 0 Å². The van der Waals surface area contributed by atoms with Gasteiger partial charge in [0.25, 0.3) is 0 Å². The van der Waals surface area contributed by atoms with Gasteiger partial charge in [0.2, 0.25) is 0 Å². The van der Waals surface area contributed by atoms with E-state index in [1.165, 1.54) is 19.2 Å². The van der Waals surface area contributed by atoms with Crippen molar-refractivity contribution in [2.75, 3.05) is 19.5 Å². The first-order valence-corrected chi connectivity index (χ1v) is 5.05. The molecule has 2 N–H and O–H groups in total. The molecule has 0 saturated heterocycles.